The van der Waals surface area contributed by atoms with Crippen molar-refractivity contribution in [2.45, 2.75) is 19.4 Å². The van der Waals surface area contributed by atoms with Crippen LogP contribution in [-0.4, -0.2) is 30.7 Å². The lowest BCUT2D eigenvalue weighted by Crippen LogP contribution is -2.24. The summed E-state index contributed by atoms with van der Waals surface area (Å²) in [5.74, 6) is 1.41. The molecular formula is C14H19N3O2S. The third-order valence-corrected chi connectivity index (χ3v) is 3.85. The maximum atomic E-state index is 5.32. The Morgan fingerprint density at radius 1 is 1.25 bits per heavy atom. The van der Waals surface area contributed by atoms with Crippen molar-refractivity contribution in [1.82, 2.24) is 15.3 Å². The van der Waals surface area contributed by atoms with Crippen LogP contribution in [0.1, 0.15) is 30.0 Å². The Bertz CT molecular complexity index is 545. The summed E-state index contributed by atoms with van der Waals surface area (Å²) >= 11 is 1.64. The monoisotopic (exact) mass is 293 g/mol. The molecule has 0 aliphatic carbocycles. The number of aromatic nitrogens is 2. The summed E-state index contributed by atoms with van der Waals surface area (Å²) in [5.41, 5.74) is 0.799. The SMILES string of the molecule is CCCNC(c1cc(OC)cs1)c1nccnc1OC. The van der Waals surface area contributed by atoms with Crippen LogP contribution >= 0.6 is 11.3 Å². The van der Waals surface area contributed by atoms with E-state index in [1.165, 1.54) is 0 Å². The Labute approximate surface area is 123 Å². The van der Waals surface area contributed by atoms with Gasteiger partial charge >= 0.3 is 0 Å². The summed E-state index contributed by atoms with van der Waals surface area (Å²) in [7, 11) is 3.28. The summed E-state index contributed by atoms with van der Waals surface area (Å²) in [5, 5.41) is 5.47. The molecule has 0 saturated carbocycles. The lowest BCUT2D eigenvalue weighted by Gasteiger charge is -2.18. The molecular weight excluding hydrogens is 274 g/mol. The Morgan fingerprint density at radius 3 is 2.70 bits per heavy atom. The number of hydrogen-bond donors (Lipinski definition) is 1. The molecule has 0 aromatic carbocycles. The first-order chi connectivity index (χ1) is 9.80. The van der Waals surface area contributed by atoms with Crippen molar-refractivity contribution in [3.8, 4) is 11.6 Å². The highest BCUT2D eigenvalue weighted by Gasteiger charge is 2.21. The van der Waals surface area contributed by atoms with Gasteiger partial charge in [-0.05, 0) is 19.0 Å². The largest absolute Gasteiger partial charge is 0.496 e. The summed E-state index contributed by atoms with van der Waals surface area (Å²) in [6, 6.07) is 1.99. The lowest BCUT2D eigenvalue weighted by molar-refractivity contribution is 0.382. The molecule has 2 rings (SSSR count). The second-order valence-electron chi connectivity index (χ2n) is 4.23. The Morgan fingerprint density at radius 2 is 2.05 bits per heavy atom. The van der Waals surface area contributed by atoms with Gasteiger partial charge in [-0.25, -0.2) is 4.98 Å². The highest BCUT2D eigenvalue weighted by Crippen LogP contribution is 2.33. The predicted molar refractivity (Wildman–Crippen MR) is 79.6 cm³/mol. The van der Waals surface area contributed by atoms with Crippen LogP contribution in [0.3, 0.4) is 0 Å². The second kappa shape index (κ2) is 7.21. The molecule has 0 fully saturated rings. The molecule has 6 heteroatoms. The van der Waals surface area contributed by atoms with E-state index in [4.69, 9.17) is 9.47 Å². The lowest BCUT2D eigenvalue weighted by atomic mass is 10.1. The number of methoxy groups -OCH3 is 2. The molecule has 5 nitrogen and oxygen atoms in total. The van der Waals surface area contributed by atoms with Crippen LogP contribution in [0, 0.1) is 0 Å². The van der Waals surface area contributed by atoms with Crippen molar-refractivity contribution in [1.29, 1.82) is 0 Å². The second-order valence-corrected chi connectivity index (χ2v) is 5.17. The molecule has 0 radical (unpaired) electrons. The number of hydrogen-bond acceptors (Lipinski definition) is 6. The van der Waals surface area contributed by atoms with Crippen LogP contribution in [0.25, 0.3) is 0 Å². The fourth-order valence-electron chi connectivity index (χ4n) is 1.90. The van der Waals surface area contributed by atoms with Gasteiger partial charge in [-0.2, -0.15) is 0 Å². The molecule has 0 aliphatic heterocycles. The van der Waals surface area contributed by atoms with Gasteiger partial charge in [0, 0.05) is 22.7 Å². The van der Waals surface area contributed by atoms with Crippen molar-refractivity contribution in [2.24, 2.45) is 0 Å². The van der Waals surface area contributed by atoms with Gasteiger partial charge in [0.2, 0.25) is 5.88 Å². The molecule has 1 unspecified atom stereocenters. The quantitative estimate of drug-likeness (QED) is 0.850. The molecule has 0 spiro atoms. The van der Waals surface area contributed by atoms with E-state index in [1.807, 2.05) is 11.4 Å². The molecule has 0 aliphatic rings. The van der Waals surface area contributed by atoms with Gasteiger partial charge in [0.25, 0.3) is 0 Å². The molecule has 1 N–H and O–H groups in total. The summed E-state index contributed by atoms with van der Waals surface area (Å²) in [6.07, 6.45) is 4.36. The molecule has 20 heavy (non-hydrogen) atoms. The molecule has 2 aromatic heterocycles. The van der Waals surface area contributed by atoms with E-state index in [1.54, 1.807) is 38.0 Å². The zero-order valence-corrected chi connectivity index (χ0v) is 12.7. The van der Waals surface area contributed by atoms with Crippen LogP contribution in [-0.2, 0) is 0 Å². The average Bonchev–Trinajstić information content (AvgIpc) is 2.97. The molecule has 2 aromatic rings. The molecule has 108 valence electrons. The van der Waals surface area contributed by atoms with Gasteiger partial charge in [0.15, 0.2) is 0 Å². The number of ether oxygens (including phenoxy) is 2. The predicted octanol–water partition coefficient (Wildman–Crippen LogP) is 2.64. The van der Waals surface area contributed by atoms with E-state index in [-0.39, 0.29) is 6.04 Å². The van der Waals surface area contributed by atoms with Crippen LogP contribution < -0.4 is 14.8 Å². The maximum Gasteiger partial charge on any atom is 0.237 e. The van der Waals surface area contributed by atoms with Gasteiger partial charge in [-0.3, -0.25) is 4.98 Å². The zero-order chi connectivity index (χ0) is 14.4. The Hall–Kier alpha value is -1.66. The standard InChI is InChI=1S/C14H19N3O2S/c1-4-5-15-12(11-8-10(18-2)9-20-11)13-14(19-3)17-7-6-16-13/h6-9,12,15H,4-5H2,1-3H3. The van der Waals surface area contributed by atoms with Crippen LogP contribution in [0.2, 0.25) is 0 Å². The zero-order valence-electron chi connectivity index (χ0n) is 11.9. The first kappa shape index (κ1) is 14.7. The normalized spacial score (nSPS) is 12.2. The molecule has 2 heterocycles. The van der Waals surface area contributed by atoms with Gasteiger partial charge in [-0.1, -0.05) is 6.92 Å². The van der Waals surface area contributed by atoms with Gasteiger partial charge < -0.3 is 14.8 Å². The topological polar surface area (TPSA) is 56.3 Å². The third-order valence-electron chi connectivity index (χ3n) is 2.87. The highest BCUT2D eigenvalue weighted by molar-refractivity contribution is 7.10. The molecule has 1 atom stereocenters. The maximum absolute atomic E-state index is 5.32. The van der Waals surface area contributed by atoms with Crippen molar-refractivity contribution in [3.63, 3.8) is 0 Å². The number of thiophene rings is 1. The minimum absolute atomic E-state index is 0.0347. The number of nitrogens with zero attached hydrogens (tertiary/aromatic N) is 2. The van der Waals surface area contributed by atoms with E-state index in [0.29, 0.717) is 5.88 Å². The van der Waals surface area contributed by atoms with Crippen molar-refractivity contribution in [2.75, 3.05) is 20.8 Å². The Balaban J connectivity index is 2.35. The summed E-state index contributed by atoms with van der Waals surface area (Å²) < 4.78 is 10.6. The van der Waals surface area contributed by atoms with Gasteiger partial charge in [0.05, 0.1) is 20.3 Å². The van der Waals surface area contributed by atoms with E-state index in [2.05, 4.69) is 22.2 Å². The van der Waals surface area contributed by atoms with E-state index >= 15 is 0 Å². The Kier molecular flexibility index (Phi) is 5.31. The van der Waals surface area contributed by atoms with Crippen molar-refractivity contribution >= 4 is 11.3 Å². The number of nitrogens with one attached hydrogen (secondary N) is 1. The molecule has 0 saturated heterocycles. The van der Waals surface area contributed by atoms with E-state index in [0.717, 1.165) is 29.3 Å². The molecule has 0 amide bonds. The minimum Gasteiger partial charge on any atom is -0.496 e. The van der Waals surface area contributed by atoms with Crippen molar-refractivity contribution < 1.29 is 9.47 Å². The first-order valence-corrected chi connectivity index (χ1v) is 7.38. The fraction of sp³-hybridized carbons (Fsp3) is 0.429. The number of rotatable bonds is 7. The van der Waals surface area contributed by atoms with Gasteiger partial charge in [0.1, 0.15) is 11.4 Å². The fourth-order valence-corrected chi connectivity index (χ4v) is 2.84. The van der Waals surface area contributed by atoms with Crippen LogP contribution in [0.5, 0.6) is 11.6 Å². The summed E-state index contributed by atoms with van der Waals surface area (Å²) in [6.45, 7) is 3.03. The third kappa shape index (κ3) is 3.26. The van der Waals surface area contributed by atoms with Crippen molar-refractivity contribution in [3.05, 3.63) is 34.4 Å². The van der Waals surface area contributed by atoms with Crippen LogP contribution in [0.4, 0.5) is 0 Å². The van der Waals surface area contributed by atoms with Gasteiger partial charge in [-0.15, -0.1) is 11.3 Å². The summed E-state index contributed by atoms with van der Waals surface area (Å²) in [4.78, 5) is 9.79. The first-order valence-electron chi connectivity index (χ1n) is 6.50. The van der Waals surface area contributed by atoms with E-state index in [9.17, 15) is 0 Å². The smallest absolute Gasteiger partial charge is 0.237 e. The van der Waals surface area contributed by atoms with Crippen LogP contribution in [0.15, 0.2) is 23.8 Å². The average molecular weight is 293 g/mol. The molecule has 0 bridgehead atoms. The highest BCUT2D eigenvalue weighted by atomic mass is 32.1. The minimum atomic E-state index is -0.0347. The van der Waals surface area contributed by atoms with E-state index < -0.39 is 0 Å².